The Labute approximate surface area is 167 Å². The van der Waals surface area contributed by atoms with Gasteiger partial charge < -0.3 is 14.4 Å². The van der Waals surface area contributed by atoms with Crippen molar-refractivity contribution in [3.63, 3.8) is 0 Å². The van der Waals surface area contributed by atoms with Crippen LogP contribution in [0.3, 0.4) is 0 Å². The van der Waals surface area contributed by atoms with Crippen molar-refractivity contribution < 1.29 is 14.3 Å². The van der Waals surface area contributed by atoms with Crippen LogP contribution >= 0.6 is 0 Å². The van der Waals surface area contributed by atoms with E-state index in [9.17, 15) is 4.79 Å². The van der Waals surface area contributed by atoms with Gasteiger partial charge in [-0.15, -0.1) is 0 Å². The summed E-state index contributed by atoms with van der Waals surface area (Å²) in [5, 5.41) is 0. The fourth-order valence-electron chi connectivity index (χ4n) is 3.41. The highest BCUT2D eigenvalue weighted by atomic mass is 16.5. The van der Waals surface area contributed by atoms with E-state index in [2.05, 4.69) is 29.2 Å². The van der Waals surface area contributed by atoms with Crippen LogP contribution in [0.4, 0.5) is 0 Å². The summed E-state index contributed by atoms with van der Waals surface area (Å²) in [6.07, 6.45) is 4.43. The van der Waals surface area contributed by atoms with Crippen molar-refractivity contribution in [2.75, 3.05) is 40.4 Å². The normalized spacial score (nSPS) is 15.4. The highest BCUT2D eigenvalue weighted by Crippen LogP contribution is 2.25. The molecule has 2 aromatic rings. The van der Waals surface area contributed by atoms with Crippen LogP contribution in [-0.4, -0.2) is 56.1 Å². The summed E-state index contributed by atoms with van der Waals surface area (Å²) in [6.45, 7) is 4.36. The summed E-state index contributed by atoms with van der Waals surface area (Å²) in [5.74, 6) is 1.46. The van der Waals surface area contributed by atoms with Crippen molar-refractivity contribution in [3.05, 3.63) is 65.7 Å². The maximum absolute atomic E-state index is 12.7. The second-order valence-corrected chi connectivity index (χ2v) is 6.88. The molecule has 0 bridgehead atoms. The van der Waals surface area contributed by atoms with Gasteiger partial charge in [0.2, 0.25) is 5.91 Å². The second kappa shape index (κ2) is 9.95. The minimum Gasteiger partial charge on any atom is -0.497 e. The topological polar surface area (TPSA) is 42.0 Å². The van der Waals surface area contributed by atoms with E-state index in [0.717, 1.165) is 50.5 Å². The van der Waals surface area contributed by atoms with E-state index < -0.39 is 0 Å². The van der Waals surface area contributed by atoms with Crippen LogP contribution in [0.25, 0.3) is 6.08 Å². The molecule has 1 aliphatic rings. The molecule has 28 heavy (non-hydrogen) atoms. The number of nitrogens with zero attached hydrogens (tertiary/aromatic N) is 2. The van der Waals surface area contributed by atoms with Gasteiger partial charge in [-0.2, -0.15) is 0 Å². The molecule has 0 atom stereocenters. The van der Waals surface area contributed by atoms with Gasteiger partial charge in [-0.1, -0.05) is 30.3 Å². The minimum absolute atomic E-state index is 0.0411. The molecule has 0 spiro atoms. The van der Waals surface area contributed by atoms with Gasteiger partial charge in [0.25, 0.3) is 0 Å². The molecule has 0 unspecified atom stereocenters. The van der Waals surface area contributed by atoms with Crippen LogP contribution in [0, 0.1) is 0 Å². The number of methoxy groups -OCH3 is 2. The first-order chi connectivity index (χ1) is 13.7. The van der Waals surface area contributed by atoms with Crippen molar-refractivity contribution in [3.8, 4) is 11.5 Å². The number of rotatable bonds is 6. The molecule has 0 N–H and O–H groups in total. The molecule has 0 aromatic heterocycles. The molecule has 1 heterocycles. The predicted molar refractivity (Wildman–Crippen MR) is 111 cm³/mol. The number of carbonyl (C=O) groups is 1. The fraction of sp³-hybridized carbons (Fsp3) is 0.348. The maximum atomic E-state index is 12.7. The van der Waals surface area contributed by atoms with Crippen molar-refractivity contribution in [1.29, 1.82) is 0 Å². The average molecular weight is 380 g/mol. The molecular weight excluding hydrogens is 352 g/mol. The Morgan fingerprint density at radius 3 is 2.57 bits per heavy atom. The zero-order valence-corrected chi connectivity index (χ0v) is 16.6. The van der Waals surface area contributed by atoms with Crippen molar-refractivity contribution >= 4 is 12.0 Å². The first-order valence-corrected chi connectivity index (χ1v) is 9.65. The lowest BCUT2D eigenvalue weighted by Crippen LogP contribution is -2.34. The van der Waals surface area contributed by atoms with E-state index in [1.165, 1.54) is 5.56 Å². The number of amides is 1. The highest BCUT2D eigenvalue weighted by molar-refractivity contribution is 5.92. The van der Waals surface area contributed by atoms with Gasteiger partial charge in [0.1, 0.15) is 11.5 Å². The Kier molecular flexibility index (Phi) is 7.09. The van der Waals surface area contributed by atoms with E-state index in [0.29, 0.717) is 5.75 Å². The molecule has 0 radical (unpaired) electrons. The van der Waals surface area contributed by atoms with Gasteiger partial charge in [-0.05, 0) is 30.2 Å². The van der Waals surface area contributed by atoms with Gasteiger partial charge >= 0.3 is 0 Å². The molecule has 1 aliphatic heterocycles. The second-order valence-electron chi connectivity index (χ2n) is 6.88. The summed E-state index contributed by atoms with van der Waals surface area (Å²) in [5.41, 5.74) is 2.17. The third-order valence-electron chi connectivity index (χ3n) is 5.00. The first kappa shape index (κ1) is 20.0. The van der Waals surface area contributed by atoms with Crippen molar-refractivity contribution in [2.45, 2.75) is 13.0 Å². The predicted octanol–water partition coefficient (Wildman–Crippen LogP) is 3.45. The molecule has 5 nitrogen and oxygen atoms in total. The Morgan fingerprint density at radius 2 is 1.82 bits per heavy atom. The van der Waals surface area contributed by atoms with Gasteiger partial charge in [-0.25, -0.2) is 0 Å². The zero-order valence-electron chi connectivity index (χ0n) is 16.6. The van der Waals surface area contributed by atoms with Crippen molar-refractivity contribution in [1.82, 2.24) is 9.80 Å². The monoisotopic (exact) mass is 380 g/mol. The molecule has 2 aromatic carbocycles. The summed E-state index contributed by atoms with van der Waals surface area (Å²) in [4.78, 5) is 17.0. The standard InChI is InChI=1S/C23H28N2O3/c1-27-21-11-9-20(22(17-21)28-2)10-12-23(26)25-14-6-13-24(15-16-25)18-19-7-4-3-5-8-19/h3-5,7-12,17H,6,13-16,18H2,1-2H3/b12-10+. The van der Waals surface area contributed by atoms with Gasteiger partial charge in [0, 0.05) is 50.4 Å². The van der Waals surface area contributed by atoms with Gasteiger partial charge in [0.15, 0.2) is 0 Å². The first-order valence-electron chi connectivity index (χ1n) is 9.65. The van der Waals surface area contributed by atoms with Crippen LogP contribution < -0.4 is 9.47 Å². The van der Waals surface area contributed by atoms with Crippen LogP contribution in [0.1, 0.15) is 17.5 Å². The van der Waals surface area contributed by atoms with Gasteiger partial charge in [-0.3, -0.25) is 9.69 Å². The average Bonchev–Trinajstić information content (AvgIpc) is 2.98. The Bertz CT molecular complexity index is 805. The SMILES string of the molecule is COc1ccc(/C=C/C(=O)N2CCCN(Cc3ccccc3)CC2)c(OC)c1. The third kappa shape index (κ3) is 5.36. The maximum Gasteiger partial charge on any atom is 0.246 e. The van der Waals surface area contributed by atoms with Crippen LogP contribution in [0.5, 0.6) is 11.5 Å². The Balaban J connectivity index is 1.58. The fourth-order valence-corrected chi connectivity index (χ4v) is 3.41. The molecule has 1 fully saturated rings. The van der Waals surface area contributed by atoms with Gasteiger partial charge in [0.05, 0.1) is 14.2 Å². The van der Waals surface area contributed by atoms with Crippen LogP contribution in [0.15, 0.2) is 54.6 Å². The largest absolute Gasteiger partial charge is 0.497 e. The van der Waals surface area contributed by atoms with E-state index >= 15 is 0 Å². The summed E-state index contributed by atoms with van der Waals surface area (Å²) in [7, 11) is 3.23. The number of hydrogen-bond donors (Lipinski definition) is 0. The lowest BCUT2D eigenvalue weighted by atomic mass is 10.1. The summed E-state index contributed by atoms with van der Waals surface area (Å²) in [6, 6.07) is 16.1. The van der Waals surface area contributed by atoms with E-state index in [-0.39, 0.29) is 5.91 Å². The third-order valence-corrected chi connectivity index (χ3v) is 5.00. The molecule has 3 rings (SSSR count). The lowest BCUT2D eigenvalue weighted by Gasteiger charge is -2.21. The number of carbonyl (C=O) groups excluding carboxylic acids is 1. The van der Waals surface area contributed by atoms with Crippen molar-refractivity contribution in [2.24, 2.45) is 0 Å². The quantitative estimate of drug-likeness (QED) is 0.720. The molecular formula is C23H28N2O3. The minimum atomic E-state index is 0.0411. The molecule has 1 amide bonds. The number of ether oxygens (including phenoxy) is 2. The summed E-state index contributed by atoms with van der Waals surface area (Å²) >= 11 is 0. The van der Waals surface area contributed by atoms with E-state index in [1.54, 1.807) is 20.3 Å². The smallest absolute Gasteiger partial charge is 0.246 e. The molecule has 1 saturated heterocycles. The highest BCUT2D eigenvalue weighted by Gasteiger charge is 2.17. The Morgan fingerprint density at radius 1 is 1.00 bits per heavy atom. The molecule has 0 aliphatic carbocycles. The molecule has 148 valence electrons. The Hall–Kier alpha value is -2.79. The summed E-state index contributed by atoms with van der Waals surface area (Å²) < 4.78 is 10.6. The lowest BCUT2D eigenvalue weighted by molar-refractivity contribution is -0.125. The number of benzene rings is 2. The van der Waals surface area contributed by atoms with E-state index in [1.807, 2.05) is 35.2 Å². The number of hydrogen-bond acceptors (Lipinski definition) is 4. The van der Waals surface area contributed by atoms with Crippen LogP contribution in [0.2, 0.25) is 0 Å². The van der Waals surface area contributed by atoms with E-state index in [4.69, 9.17) is 9.47 Å². The zero-order chi connectivity index (χ0) is 19.8. The molecule has 0 saturated carbocycles. The molecule has 5 heteroatoms. The van der Waals surface area contributed by atoms with Crippen LogP contribution in [-0.2, 0) is 11.3 Å².